The first kappa shape index (κ1) is 13.3. The van der Waals surface area contributed by atoms with Crippen molar-refractivity contribution >= 4 is 11.8 Å². The van der Waals surface area contributed by atoms with Gasteiger partial charge in [0, 0.05) is 19.1 Å². The number of amides is 2. The van der Waals surface area contributed by atoms with Crippen molar-refractivity contribution in [1.29, 1.82) is 0 Å². The van der Waals surface area contributed by atoms with Gasteiger partial charge in [0.2, 0.25) is 0 Å². The second kappa shape index (κ2) is 5.34. The summed E-state index contributed by atoms with van der Waals surface area (Å²) in [4.78, 5) is 28.0. The number of nitrogens with zero attached hydrogens (tertiary/aromatic N) is 2. The molecule has 0 unspecified atom stereocenters. The minimum Gasteiger partial charge on any atom is -0.326 e. The first-order valence-corrected chi connectivity index (χ1v) is 7.10. The van der Waals surface area contributed by atoms with Crippen molar-refractivity contribution in [2.24, 2.45) is 5.73 Å². The molecule has 1 saturated heterocycles. The Morgan fingerprint density at radius 1 is 1.10 bits per heavy atom. The van der Waals surface area contributed by atoms with Gasteiger partial charge in [0.25, 0.3) is 11.8 Å². The average Bonchev–Trinajstić information content (AvgIpc) is 2.97. The Bertz CT molecular complexity index is 509. The number of benzene rings is 1. The van der Waals surface area contributed by atoms with Crippen molar-refractivity contribution in [2.75, 3.05) is 26.2 Å². The van der Waals surface area contributed by atoms with Crippen LogP contribution in [0.4, 0.5) is 0 Å². The van der Waals surface area contributed by atoms with E-state index in [1.54, 1.807) is 24.3 Å². The molecule has 1 aromatic rings. The Labute approximate surface area is 118 Å². The molecule has 0 aromatic heterocycles. The number of rotatable bonds is 4. The molecule has 0 saturated carbocycles. The van der Waals surface area contributed by atoms with Crippen LogP contribution in [-0.2, 0) is 0 Å². The predicted molar refractivity (Wildman–Crippen MR) is 75.5 cm³/mol. The van der Waals surface area contributed by atoms with Crippen molar-refractivity contribution in [3.63, 3.8) is 0 Å². The SMILES string of the molecule is N[C@@H]1CCN(CCCN2C(=O)c3ccccc3C2=O)C1. The summed E-state index contributed by atoms with van der Waals surface area (Å²) in [6, 6.07) is 7.29. The van der Waals surface area contributed by atoms with E-state index < -0.39 is 0 Å². The summed E-state index contributed by atoms with van der Waals surface area (Å²) in [6.45, 7) is 3.31. The van der Waals surface area contributed by atoms with Crippen LogP contribution in [0.2, 0.25) is 0 Å². The highest BCUT2D eigenvalue weighted by molar-refractivity contribution is 6.21. The molecule has 0 spiro atoms. The topological polar surface area (TPSA) is 66.6 Å². The van der Waals surface area contributed by atoms with Gasteiger partial charge in [0.05, 0.1) is 11.1 Å². The third kappa shape index (κ3) is 2.34. The lowest BCUT2D eigenvalue weighted by Crippen LogP contribution is -2.34. The van der Waals surface area contributed by atoms with Crippen molar-refractivity contribution in [1.82, 2.24) is 9.80 Å². The van der Waals surface area contributed by atoms with Gasteiger partial charge in [-0.25, -0.2) is 0 Å². The Morgan fingerprint density at radius 2 is 1.75 bits per heavy atom. The zero-order valence-corrected chi connectivity index (χ0v) is 11.4. The number of hydrogen-bond acceptors (Lipinski definition) is 4. The number of hydrogen-bond donors (Lipinski definition) is 1. The van der Waals surface area contributed by atoms with Gasteiger partial charge in [-0.15, -0.1) is 0 Å². The molecule has 3 rings (SSSR count). The maximum atomic E-state index is 12.2. The smallest absolute Gasteiger partial charge is 0.261 e. The van der Waals surface area contributed by atoms with Crippen LogP contribution >= 0.6 is 0 Å². The molecule has 1 atom stereocenters. The monoisotopic (exact) mass is 273 g/mol. The largest absolute Gasteiger partial charge is 0.326 e. The molecule has 5 heteroatoms. The standard InChI is InChI=1S/C15H19N3O2/c16-11-6-9-17(10-11)7-3-8-18-14(19)12-4-1-2-5-13(12)15(18)20/h1-2,4-5,11H,3,6-10,16H2/t11-/m1/s1. The number of carbonyl (C=O) groups excluding carboxylic acids is 2. The molecule has 2 heterocycles. The zero-order valence-electron chi connectivity index (χ0n) is 11.4. The minimum atomic E-state index is -0.163. The second-order valence-corrected chi connectivity index (χ2v) is 5.51. The van der Waals surface area contributed by atoms with Gasteiger partial charge < -0.3 is 10.6 Å². The molecule has 1 fully saturated rings. The molecule has 0 radical (unpaired) electrons. The molecular weight excluding hydrogens is 254 g/mol. The molecule has 2 N–H and O–H groups in total. The van der Waals surface area contributed by atoms with Crippen LogP contribution in [-0.4, -0.2) is 53.8 Å². The Balaban J connectivity index is 1.57. The van der Waals surface area contributed by atoms with Gasteiger partial charge in [-0.1, -0.05) is 12.1 Å². The van der Waals surface area contributed by atoms with Crippen LogP contribution < -0.4 is 5.73 Å². The second-order valence-electron chi connectivity index (χ2n) is 5.51. The van der Waals surface area contributed by atoms with Crippen LogP contribution in [0.25, 0.3) is 0 Å². The van der Waals surface area contributed by atoms with Gasteiger partial charge in [-0.3, -0.25) is 14.5 Å². The van der Waals surface area contributed by atoms with Crippen molar-refractivity contribution < 1.29 is 9.59 Å². The predicted octanol–water partition coefficient (Wildman–Crippen LogP) is 0.706. The van der Waals surface area contributed by atoms with Crippen molar-refractivity contribution in [3.05, 3.63) is 35.4 Å². The highest BCUT2D eigenvalue weighted by atomic mass is 16.2. The van der Waals surface area contributed by atoms with E-state index in [-0.39, 0.29) is 17.9 Å². The molecule has 2 amide bonds. The number of nitrogens with two attached hydrogens (primary N) is 1. The Hall–Kier alpha value is -1.72. The maximum Gasteiger partial charge on any atom is 0.261 e. The Kier molecular flexibility index (Phi) is 3.54. The van der Waals surface area contributed by atoms with Gasteiger partial charge in [0.1, 0.15) is 0 Å². The summed E-state index contributed by atoms with van der Waals surface area (Å²) in [6.07, 6.45) is 1.84. The third-order valence-electron chi connectivity index (χ3n) is 4.04. The number of carbonyl (C=O) groups is 2. The van der Waals surface area contributed by atoms with E-state index in [9.17, 15) is 9.59 Å². The van der Waals surface area contributed by atoms with Crippen molar-refractivity contribution in [3.8, 4) is 0 Å². The summed E-state index contributed by atoms with van der Waals surface area (Å²) >= 11 is 0. The van der Waals surface area contributed by atoms with E-state index in [0.29, 0.717) is 17.7 Å². The Morgan fingerprint density at radius 3 is 2.30 bits per heavy atom. The zero-order chi connectivity index (χ0) is 14.1. The van der Waals surface area contributed by atoms with E-state index >= 15 is 0 Å². The van der Waals surface area contributed by atoms with Crippen LogP contribution in [0, 0.1) is 0 Å². The lowest BCUT2D eigenvalue weighted by molar-refractivity contribution is 0.0648. The molecule has 0 aliphatic carbocycles. The lowest BCUT2D eigenvalue weighted by Gasteiger charge is -2.18. The number of imide groups is 1. The molecule has 1 aromatic carbocycles. The van der Waals surface area contributed by atoms with Gasteiger partial charge in [0.15, 0.2) is 0 Å². The summed E-state index contributed by atoms with van der Waals surface area (Å²) in [7, 11) is 0. The molecule has 106 valence electrons. The first-order valence-electron chi connectivity index (χ1n) is 7.10. The van der Waals surface area contributed by atoms with Crippen molar-refractivity contribution in [2.45, 2.75) is 18.9 Å². The van der Waals surface area contributed by atoms with E-state index in [1.807, 2.05) is 0 Å². The van der Waals surface area contributed by atoms with Gasteiger partial charge in [-0.05, 0) is 38.1 Å². The quantitative estimate of drug-likeness (QED) is 0.820. The fourth-order valence-corrected chi connectivity index (χ4v) is 2.96. The molecule has 2 aliphatic rings. The third-order valence-corrected chi connectivity index (χ3v) is 4.04. The van der Waals surface area contributed by atoms with E-state index in [4.69, 9.17) is 5.73 Å². The molecule has 20 heavy (non-hydrogen) atoms. The highest BCUT2D eigenvalue weighted by Crippen LogP contribution is 2.22. The number of likely N-dealkylation sites (tertiary alicyclic amines) is 1. The summed E-state index contributed by atoms with van der Waals surface area (Å²) in [5.41, 5.74) is 6.92. The van der Waals surface area contributed by atoms with E-state index in [0.717, 1.165) is 32.5 Å². The van der Waals surface area contributed by atoms with Gasteiger partial charge >= 0.3 is 0 Å². The highest BCUT2D eigenvalue weighted by Gasteiger charge is 2.34. The summed E-state index contributed by atoms with van der Waals surface area (Å²) in [5, 5.41) is 0. The fraction of sp³-hybridized carbons (Fsp3) is 0.467. The van der Waals surface area contributed by atoms with Gasteiger partial charge in [-0.2, -0.15) is 0 Å². The maximum absolute atomic E-state index is 12.2. The van der Waals surface area contributed by atoms with Crippen LogP contribution in [0.3, 0.4) is 0 Å². The van der Waals surface area contributed by atoms with Crippen LogP contribution in [0.1, 0.15) is 33.6 Å². The minimum absolute atomic E-state index is 0.163. The fourth-order valence-electron chi connectivity index (χ4n) is 2.96. The lowest BCUT2D eigenvalue weighted by atomic mass is 10.1. The summed E-state index contributed by atoms with van der Waals surface area (Å²) in [5.74, 6) is -0.326. The average molecular weight is 273 g/mol. The van der Waals surface area contributed by atoms with Crippen LogP contribution in [0.15, 0.2) is 24.3 Å². The molecule has 0 bridgehead atoms. The van der Waals surface area contributed by atoms with E-state index in [2.05, 4.69) is 4.90 Å². The van der Waals surface area contributed by atoms with Crippen LogP contribution in [0.5, 0.6) is 0 Å². The normalized spacial score (nSPS) is 22.6. The molecule has 2 aliphatic heterocycles. The summed E-state index contributed by atoms with van der Waals surface area (Å²) < 4.78 is 0. The molecular formula is C15H19N3O2. The first-order chi connectivity index (χ1) is 9.66. The van der Waals surface area contributed by atoms with E-state index in [1.165, 1.54) is 4.90 Å². The molecule has 5 nitrogen and oxygen atoms in total. The number of fused-ring (bicyclic) bond motifs is 1.